The van der Waals surface area contributed by atoms with Crippen LogP contribution in [0.2, 0.25) is 0 Å². The van der Waals surface area contributed by atoms with E-state index in [0.29, 0.717) is 12.2 Å². The van der Waals surface area contributed by atoms with E-state index in [0.717, 1.165) is 9.87 Å². The van der Waals surface area contributed by atoms with Gasteiger partial charge in [-0.15, -0.1) is 10.2 Å². The van der Waals surface area contributed by atoms with E-state index in [-0.39, 0.29) is 10.8 Å². The van der Waals surface area contributed by atoms with E-state index in [4.69, 9.17) is 0 Å². The molecule has 0 fully saturated rings. The molecule has 1 aromatic carbocycles. The molecule has 0 aliphatic rings. The number of aryl methyl sites for hydroxylation is 1. The molecule has 124 valence electrons. The Morgan fingerprint density at radius 2 is 1.79 bits per heavy atom. The van der Waals surface area contributed by atoms with Crippen molar-refractivity contribution in [1.29, 1.82) is 0 Å². The quantitative estimate of drug-likeness (QED) is 0.709. The Bertz CT molecular complexity index is 921. The van der Waals surface area contributed by atoms with Crippen LogP contribution < -0.4 is 4.31 Å². The molecule has 0 unspecified atom stereocenters. The minimum absolute atomic E-state index is 0.126. The monoisotopic (exact) mass is 343 g/mol. The second kappa shape index (κ2) is 6.40. The average Bonchev–Trinajstić information content (AvgIpc) is 3.11. The van der Waals surface area contributed by atoms with Crippen LogP contribution in [0.4, 0.5) is 5.82 Å². The lowest BCUT2D eigenvalue weighted by atomic mass is 10.1. The van der Waals surface area contributed by atoms with Crippen LogP contribution in [0.25, 0.3) is 11.3 Å². The van der Waals surface area contributed by atoms with E-state index >= 15 is 0 Å². The molecule has 7 nitrogen and oxygen atoms in total. The predicted octanol–water partition coefficient (Wildman–Crippen LogP) is 2.19. The molecule has 2 aromatic heterocycles. The number of hydrogen-bond acceptors (Lipinski definition) is 5. The molecule has 3 aromatic rings. The summed E-state index contributed by atoms with van der Waals surface area (Å²) in [6.07, 6.45) is 1.47. The summed E-state index contributed by atoms with van der Waals surface area (Å²) in [5.74, 6) is 0.249. The summed E-state index contributed by atoms with van der Waals surface area (Å²) in [7, 11) is -2.28. The first kappa shape index (κ1) is 16.1. The molecule has 24 heavy (non-hydrogen) atoms. The van der Waals surface area contributed by atoms with Crippen LogP contribution in [0.1, 0.15) is 6.92 Å². The van der Waals surface area contributed by atoms with Crippen molar-refractivity contribution >= 4 is 15.8 Å². The Hall–Kier alpha value is -2.74. The fourth-order valence-corrected chi connectivity index (χ4v) is 3.60. The molecule has 3 rings (SSSR count). The Balaban J connectivity index is 1.91. The van der Waals surface area contributed by atoms with E-state index in [1.165, 1.54) is 24.0 Å². The highest BCUT2D eigenvalue weighted by atomic mass is 32.2. The van der Waals surface area contributed by atoms with Crippen LogP contribution in [0.3, 0.4) is 0 Å². The molecular weight excluding hydrogens is 326 g/mol. The molecule has 0 aliphatic carbocycles. The van der Waals surface area contributed by atoms with E-state index in [1.807, 2.05) is 37.3 Å². The number of aromatic nitrogens is 4. The van der Waals surface area contributed by atoms with E-state index in [1.54, 1.807) is 12.1 Å². The standard InChI is InChI=1S/C16H17N5O2S/c1-3-21-16(11-12-17-21)24(22,23)20(2)15-10-9-14(18-19-15)13-7-5-4-6-8-13/h4-12H,3H2,1-2H3. The largest absolute Gasteiger partial charge is 0.282 e. The van der Waals surface area contributed by atoms with Gasteiger partial charge in [-0.3, -0.25) is 8.99 Å². The molecule has 0 amide bonds. The first-order chi connectivity index (χ1) is 11.5. The number of nitrogens with zero attached hydrogens (tertiary/aromatic N) is 5. The lowest BCUT2D eigenvalue weighted by Crippen LogP contribution is -2.29. The minimum atomic E-state index is -3.74. The zero-order valence-electron chi connectivity index (χ0n) is 13.4. The van der Waals surface area contributed by atoms with Crippen molar-refractivity contribution in [1.82, 2.24) is 20.0 Å². The van der Waals surface area contributed by atoms with Gasteiger partial charge in [0.1, 0.15) is 0 Å². The van der Waals surface area contributed by atoms with Crippen molar-refractivity contribution in [2.45, 2.75) is 18.5 Å². The Morgan fingerprint density at radius 3 is 2.42 bits per heavy atom. The third kappa shape index (κ3) is 2.88. The van der Waals surface area contributed by atoms with Gasteiger partial charge in [0.2, 0.25) is 0 Å². The highest BCUT2D eigenvalue weighted by Crippen LogP contribution is 2.22. The Kier molecular flexibility index (Phi) is 4.30. The van der Waals surface area contributed by atoms with E-state index < -0.39 is 10.0 Å². The Morgan fingerprint density at radius 1 is 1.04 bits per heavy atom. The van der Waals surface area contributed by atoms with Crippen molar-refractivity contribution in [2.24, 2.45) is 0 Å². The molecular formula is C16H17N5O2S. The number of hydrogen-bond donors (Lipinski definition) is 0. The lowest BCUT2D eigenvalue weighted by Gasteiger charge is -2.18. The van der Waals surface area contributed by atoms with Crippen molar-refractivity contribution in [3.05, 3.63) is 54.7 Å². The van der Waals surface area contributed by atoms with Crippen LogP contribution in [-0.4, -0.2) is 35.4 Å². The first-order valence-corrected chi connectivity index (χ1v) is 8.88. The van der Waals surface area contributed by atoms with Gasteiger partial charge in [-0.2, -0.15) is 13.5 Å². The Labute approximate surface area is 140 Å². The highest BCUT2D eigenvalue weighted by molar-refractivity contribution is 7.92. The SMILES string of the molecule is CCn1nccc1S(=O)(=O)N(C)c1ccc(-c2ccccc2)nn1. The third-order valence-electron chi connectivity index (χ3n) is 3.64. The van der Waals surface area contributed by atoms with Crippen LogP contribution >= 0.6 is 0 Å². The maximum Gasteiger partial charge on any atom is 0.282 e. The molecule has 0 aliphatic heterocycles. The van der Waals surface area contributed by atoms with Crippen molar-refractivity contribution in [3.8, 4) is 11.3 Å². The summed E-state index contributed by atoms with van der Waals surface area (Å²) in [4.78, 5) is 0. The summed E-state index contributed by atoms with van der Waals surface area (Å²) in [6, 6.07) is 14.4. The van der Waals surface area contributed by atoms with E-state index in [9.17, 15) is 8.42 Å². The van der Waals surface area contributed by atoms with Gasteiger partial charge in [0.25, 0.3) is 10.0 Å². The number of rotatable bonds is 5. The molecule has 0 spiro atoms. The molecule has 0 N–H and O–H groups in total. The molecule has 0 bridgehead atoms. The van der Waals surface area contributed by atoms with Gasteiger partial charge in [0.05, 0.1) is 11.9 Å². The summed E-state index contributed by atoms with van der Waals surface area (Å²) in [5.41, 5.74) is 1.61. The summed E-state index contributed by atoms with van der Waals surface area (Å²) in [5, 5.41) is 12.3. The van der Waals surface area contributed by atoms with Gasteiger partial charge in [-0.1, -0.05) is 30.3 Å². The second-order valence-corrected chi connectivity index (χ2v) is 7.02. The van der Waals surface area contributed by atoms with Crippen molar-refractivity contribution in [2.75, 3.05) is 11.4 Å². The predicted molar refractivity (Wildman–Crippen MR) is 91.0 cm³/mol. The first-order valence-electron chi connectivity index (χ1n) is 7.44. The van der Waals surface area contributed by atoms with Gasteiger partial charge < -0.3 is 0 Å². The minimum Gasteiger partial charge on any atom is -0.253 e. The number of sulfonamides is 1. The van der Waals surface area contributed by atoms with Gasteiger partial charge in [0.15, 0.2) is 10.8 Å². The molecule has 0 atom stereocenters. The normalized spacial score (nSPS) is 11.4. The van der Waals surface area contributed by atoms with E-state index in [2.05, 4.69) is 15.3 Å². The maximum absolute atomic E-state index is 12.7. The van der Waals surface area contributed by atoms with Crippen LogP contribution in [-0.2, 0) is 16.6 Å². The third-order valence-corrected chi connectivity index (χ3v) is 5.43. The van der Waals surface area contributed by atoms with Gasteiger partial charge in [-0.25, -0.2) is 0 Å². The molecule has 0 saturated carbocycles. The summed E-state index contributed by atoms with van der Waals surface area (Å²) in [6.45, 7) is 2.30. The fourth-order valence-electron chi connectivity index (χ4n) is 2.30. The number of benzene rings is 1. The fraction of sp³-hybridized carbons (Fsp3) is 0.188. The average molecular weight is 343 g/mol. The highest BCUT2D eigenvalue weighted by Gasteiger charge is 2.26. The molecule has 8 heteroatoms. The zero-order chi connectivity index (χ0) is 17.2. The summed E-state index contributed by atoms with van der Waals surface area (Å²) < 4.78 is 28.0. The van der Waals surface area contributed by atoms with Gasteiger partial charge in [0, 0.05) is 19.2 Å². The second-order valence-electron chi connectivity index (χ2n) is 5.10. The summed E-state index contributed by atoms with van der Waals surface area (Å²) >= 11 is 0. The lowest BCUT2D eigenvalue weighted by molar-refractivity contribution is 0.552. The zero-order valence-corrected chi connectivity index (χ0v) is 14.2. The smallest absolute Gasteiger partial charge is 0.253 e. The van der Waals surface area contributed by atoms with Crippen LogP contribution in [0.5, 0.6) is 0 Å². The topological polar surface area (TPSA) is 81.0 Å². The maximum atomic E-state index is 12.7. The van der Waals surface area contributed by atoms with Crippen LogP contribution in [0, 0.1) is 0 Å². The molecule has 2 heterocycles. The number of anilines is 1. The van der Waals surface area contributed by atoms with Gasteiger partial charge in [-0.05, 0) is 25.1 Å². The molecule has 0 saturated heterocycles. The van der Waals surface area contributed by atoms with Gasteiger partial charge >= 0.3 is 0 Å². The van der Waals surface area contributed by atoms with Crippen LogP contribution in [0.15, 0.2) is 59.8 Å². The van der Waals surface area contributed by atoms with Crippen molar-refractivity contribution in [3.63, 3.8) is 0 Å². The molecule has 0 radical (unpaired) electrons. The van der Waals surface area contributed by atoms with Crippen molar-refractivity contribution < 1.29 is 8.42 Å².